The first kappa shape index (κ1) is 22.5. The molecule has 0 atom stereocenters. The molecule has 2 aromatic carbocycles. The lowest BCUT2D eigenvalue weighted by Crippen LogP contribution is -2.37. The average molecular weight is 473 g/mol. The lowest BCUT2D eigenvalue weighted by atomic mass is 9.95. The van der Waals surface area contributed by atoms with Gasteiger partial charge in [0.15, 0.2) is 5.16 Å². The van der Waals surface area contributed by atoms with Gasteiger partial charge in [-0.25, -0.2) is 4.98 Å². The van der Waals surface area contributed by atoms with Gasteiger partial charge in [0.05, 0.1) is 17.8 Å². The minimum absolute atomic E-state index is 0.00319. The predicted molar refractivity (Wildman–Crippen MR) is 137 cm³/mol. The number of thioether (sulfide) groups is 1. The maximum Gasteiger partial charge on any atom is 0.278 e. The second-order valence-electron chi connectivity index (χ2n) is 8.77. The Bertz CT molecular complexity index is 1330. The number of benzene rings is 2. The number of aromatic amines is 1. The third-order valence-corrected chi connectivity index (χ3v) is 7.25. The molecule has 0 spiro atoms. The van der Waals surface area contributed by atoms with E-state index in [1.165, 1.54) is 31.0 Å². The molecule has 6 nitrogen and oxygen atoms in total. The van der Waals surface area contributed by atoms with Gasteiger partial charge in [0.25, 0.3) is 5.56 Å². The van der Waals surface area contributed by atoms with Crippen molar-refractivity contribution >= 4 is 28.7 Å². The largest absolute Gasteiger partial charge is 0.353 e. The van der Waals surface area contributed by atoms with E-state index in [1.54, 1.807) is 4.57 Å². The summed E-state index contributed by atoms with van der Waals surface area (Å²) in [6.07, 6.45) is 5.68. The first-order valence-corrected chi connectivity index (χ1v) is 12.8. The molecule has 0 aliphatic heterocycles. The molecule has 0 saturated heterocycles. The molecule has 0 bridgehead atoms. The van der Waals surface area contributed by atoms with E-state index in [2.05, 4.69) is 10.3 Å². The van der Waals surface area contributed by atoms with Crippen LogP contribution in [-0.2, 0) is 11.3 Å². The third-order valence-electron chi connectivity index (χ3n) is 6.27. The number of aromatic nitrogens is 3. The van der Waals surface area contributed by atoms with Crippen LogP contribution in [0.5, 0.6) is 0 Å². The molecule has 4 aromatic rings. The summed E-state index contributed by atoms with van der Waals surface area (Å²) in [6.45, 7) is 0.398. The normalized spacial score (nSPS) is 14.4. The van der Waals surface area contributed by atoms with Crippen LogP contribution >= 0.6 is 11.8 Å². The topological polar surface area (TPSA) is 79.8 Å². The van der Waals surface area contributed by atoms with Crippen molar-refractivity contribution < 1.29 is 4.79 Å². The van der Waals surface area contributed by atoms with E-state index in [9.17, 15) is 9.59 Å². The first-order valence-electron chi connectivity index (χ1n) is 11.8. The fraction of sp³-hybridized carbons (Fsp3) is 0.296. The van der Waals surface area contributed by atoms with Crippen LogP contribution < -0.4 is 10.9 Å². The average Bonchev–Trinajstić information content (AvgIpc) is 3.31. The summed E-state index contributed by atoms with van der Waals surface area (Å²) in [5.74, 6) is 0.232. The van der Waals surface area contributed by atoms with E-state index in [0.29, 0.717) is 22.7 Å². The van der Waals surface area contributed by atoms with Gasteiger partial charge in [0.1, 0.15) is 5.52 Å². The molecule has 1 aliphatic rings. The van der Waals surface area contributed by atoms with Crippen molar-refractivity contribution in [2.45, 2.75) is 49.8 Å². The Kier molecular flexibility index (Phi) is 6.81. The number of hydrogen-bond donors (Lipinski definition) is 2. The molecule has 0 unspecified atom stereocenters. The Morgan fingerprint density at radius 2 is 1.74 bits per heavy atom. The van der Waals surface area contributed by atoms with Gasteiger partial charge < -0.3 is 10.3 Å². The van der Waals surface area contributed by atoms with Crippen molar-refractivity contribution in [1.29, 1.82) is 0 Å². The minimum Gasteiger partial charge on any atom is -0.353 e. The summed E-state index contributed by atoms with van der Waals surface area (Å²) < 4.78 is 1.67. The quantitative estimate of drug-likeness (QED) is 0.294. The molecule has 1 saturated carbocycles. The molecular weight excluding hydrogens is 444 g/mol. The van der Waals surface area contributed by atoms with Crippen LogP contribution in [0.15, 0.2) is 76.7 Å². The fourth-order valence-electron chi connectivity index (χ4n) is 4.52. The number of hydrogen-bond acceptors (Lipinski definition) is 4. The van der Waals surface area contributed by atoms with Crippen molar-refractivity contribution in [2.24, 2.45) is 0 Å². The number of H-pyrrole nitrogens is 1. The standard InChI is InChI=1S/C27H28N4O2S/c32-24(28-21-14-8-3-9-15-21)18-34-27-30-23-16-22(20-12-6-2-7-13-20)29-25(23)26(33)31(27)17-19-10-4-1-5-11-19/h1-2,4-7,10-13,16,21,29H,3,8-9,14-15,17-18H2,(H,28,32). The fourth-order valence-corrected chi connectivity index (χ4v) is 5.33. The Labute approximate surface area is 202 Å². The van der Waals surface area contributed by atoms with Gasteiger partial charge >= 0.3 is 0 Å². The molecule has 2 aromatic heterocycles. The molecule has 7 heteroatoms. The summed E-state index contributed by atoms with van der Waals surface area (Å²) in [4.78, 5) is 34.3. The summed E-state index contributed by atoms with van der Waals surface area (Å²) in [5.41, 5.74) is 3.81. The highest BCUT2D eigenvalue weighted by Gasteiger charge is 2.19. The van der Waals surface area contributed by atoms with Crippen molar-refractivity contribution in [3.8, 4) is 11.3 Å². The van der Waals surface area contributed by atoms with E-state index < -0.39 is 0 Å². The highest BCUT2D eigenvalue weighted by molar-refractivity contribution is 7.99. The summed E-state index contributed by atoms with van der Waals surface area (Å²) >= 11 is 1.32. The second kappa shape index (κ2) is 10.3. The van der Waals surface area contributed by atoms with Crippen LogP contribution in [0.2, 0.25) is 0 Å². The number of nitrogens with zero attached hydrogens (tertiary/aromatic N) is 2. The van der Waals surface area contributed by atoms with Gasteiger partial charge in [0.2, 0.25) is 5.91 Å². The van der Waals surface area contributed by atoms with Gasteiger partial charge in [-0.15, -0.1) is 0 Å². The Hall–Kier alpha value is -3.32. The van der Waals surface area contributed by atoms with Crippen LogP contribution in [0.1, 0.15) is 37.7 Å². The molecule has 5 rings (SSSR count). The van der Waals surface area contributed by atoms with E-state index in [1.807, 2.05) is 66.7 Å². The number of fused-ring (bicyclic) bond motifs is 1. The van der Waals surface area contributed by atoms with Gasteiger partial charge in [-0.2, -0.15) is 0 Å². The van der Waals surface area contributed by atoms with Crippen LogP contribution in [0.25, 0.3) is 22.3 Å². The lowest BCUT2D eigenvalue weighted by Gasteiger charge is -2.22. The lowest BCUT2D eigenvalue weighted by molar-refractivity contribution is -0.119. The van der Waals surface area contributed by atoms with Gasteiger partial charge in [-0.3, -0.25) is 14.2 Å². The monoisotopic (exact) mass is 472 g/mol. The molecule has 1 fully saturated rings. The van der Waals surface area contributed by atoms with Gasteiger partial charge in [-0.1, -0.05) is 91.7 Å². The summed E-state index contributed by atoms with van der Waals surface area (Å²) in [5, 5.41) is 3.71. The van der Waals surface area contributed by atoms with Crippen LogP contribution in [0.3, 0.4) is 0 Å². The zero-order chi connectivity index (χ0) is 23.3. The highest BCUT2D eigenvalue weighted by Crippen LogP contribution is 2.24. The zero-order valence-corrected chi connectivity index (χ0v) is 19.8. The zero-order valence-electron chi connectivity index (χ0n) is 19.0. The minimum atomic E-state index is -0.133. The number of rotatable bonds is 7. The Balaban J connectivity index is 1.45. The van der Waals surface area contributed by atoms with Crippen molar-refractivity contribution in [3.05, 3.63) is 82.6 Å². The van der Waals surface area contributed by atoms with E-state index in [-0.39, 0.29) is 23.3 Å². The molecule has 2 heterocycles. The summed E-state index contributed by atoms with van der Waals surface area (Å²) in [7, 11) is 0. The van der Waals surface area contributed by atoms with Crippen LogP contribution in [-0.4, -0.2) is 32.2 Å². The number of carbonyl (C=O) groups is 1. The molecule has 174 valence electrons. The number of carbonyl (C=O) groups excluding carboxylic acids is 1. The van der Waals surface area contributed by atoms with Crippen molar-refractivity contribution in [2.75, 3.05) is 5.75 Å². The second-order valence-corrected chi connectivity index (χ2v) is 9.71. The van der Waals surface area contributed by atoms with E-state index >= 15 is 0 Å². The van der Waals surface area contributed by atoms with Crippen molar-refractivity contribution in [1.82, 2.24) is 19.9 Å². The van der Waals surface area contributed by atoms with Gasteiger partial charge in [0, 0.05) is 11.7 Å². The maximum atomic E-state index is 13.5. The predicted octanol–water partition coefficient (Wildman–Crippen LogP) is 4.98. The Morgan fingerprint density at radius 1 is 1.03 bits per heavy atom. The Morgan fingerprint density at radius 3 is 2.47 bits per heavy atom. The maximum absolute atomic E-state index is 13.5. The number of amides is 1. The van der Waals surface area contributed by atoms with E-state index in [0.717, 1.165) is 29.7 Å². The highest BCUT2D eigenvalue weighted by atomic mass is 32.2. The smallest absolute Gasteiger partial charge is 0.278 e. The number of nitrogens with one attached hydrogen (secondary N) is 2. The van der Waals surface area contributed by atoms with Crippen molar-refractivity contribution in [3.63, 3.8) is 0 Å². The molecule has 1 aliphatic carbocycles. The van der Waals surface area contributed by atoms with Gasteiger partial charge in [-0.05, 0) is 30.0 Å². The molecule has 2 N–H and O–H groups in total. The first-order chi connectivity index (χ1) is 16.7. The molecule has 1 amide bonds. The SMILES string of the molecule is O=C(CSc1nc2cc(-c3ccccc3)[nH]c2c(=O)n1Cc1ccccc1)NC1CCCCC1. The molecule has 0 radical (unpaired) electrons. The van der Waals surface area contributed by atoms with Crippen LogP contribution in [0, 0.1) is 0 Å². The molecular formula is C27H28N4O2S. The van der Waals surface area contributed by atoms with Crippen LogP contribution in [0.4, 0.5) is 0 Å². The molecule has 34 heavy (non-hydrogen) atoms. The van der Waals surface area contributed by atoms with E-state index in [4.69, 9.17) is 4.98 Å². The third kappa shape index (κ3) is 5.09. The summed E-state index contributed by atoms with van der Waals surface area (Å²) in [6, 6.07) is 21.9.